The van der Waals surface area contributed by atoms with Gasteiger partial charge in [0.15, 0.2) is 17.1 Å². The number of methoxy groups -OCH3 is 1. The molecule has 3 N–H and O–H groups in total. The molecule has 1 fully saturated rings. The molecule has 2 aromatic carbocycles. The molecule has 15 heteroatoms. The van der Waals surface area contributed by atoms with Crippen LogP contribution in [0.1, 0.15) is 39.7 Å². The van der Waals surface area contributed by atoms with Crippen LogP contribution in [0.4, 0.5) is 16.3 Å². The molecule has 6 rings (SSSR count). The van der Waals surface area contributed by atoms with E-state index in [9.17, 15) is 13.2 Å². The van der Waals surface area contributed by atoms with Gasteiger partial charge in [0, 0.05) is 18.7 Å². The van der Waals surface area contributed by atoms with E-state index in [1.807, 2.05) is 20.8 Å². The van der Waals surface area contributed by atoms with Crippen molar-refractivity contribution in [2.75, 3.05) is 37.4 Å². The van der Waals surface area contributed by atoms with Crippen LogP contribution < -0.4 is 24.7 Å². The van der Waals surface area contributed by atoms with Crippen molar-refractivity contribution in [1.82, 2.24) is 24.6 Å². The zero-order chi connectivity index (χ0) is 31.2. The summed E-state index contributed by atoms with van der Waals surface area (Å²) in [5, 5.41) is 5.43. The van der Waals surface area contributed by atoms with E-state index in [0.29, 0.717) is 46.9 Å². The Bertz CT molecular complexity index is 1840. The SMILES string of the molecule is COc1ccc(S(=O)(=O)Nc2ccc(-c3nn([C@@H]4CCCN(C(=O)OC(C)(C)C)C4)c4ncnc(N)c34)c3c2OCO3)cc1. The fourth-order valence-corrected chi connectivity index (χ4v) is 6.37. The molecular weight excluding hydrogens is 590 g/mol. The van der Waals surface area contributed by atoms with Crippen LogP contribution in [0.3, 0.4) is 0 Å². The Morgan fingerprint density at radius 3 is 2.57 bits per heavy atom. The minimum absolute atomic E-state index is 0.0533. The Morgan fingerprint density at radius 2 is 1.84 bits per heavy atom. The first-order valence-electron chi connectivity index (χ1n) is 14.0. The van der Waals surface area contributed by atoms with Gasteiger partial charge < -0.3 is 29.6 Å². The summed E-state index contributed by atoms with van der Waals surface area (Å²) in [5.41, 5.74) is 7.41. The number of nitrogens with two attached hydrogens (primary N) is 1. The van der Waals surface area contributed by atoms with E-state index < -0.39 is 15.6 Å². The van der Waals surface area contributed by atoms with Gasteiger partial charge >= 0.3 is 6.09 Å². The first-order valence-corrected chi connectivity index (χ1v) is 15.5. The second-order valence-corrected chi connectivity index (χ2v) is 13.2. The fraction of sp³-hybridized carbons (Fsp3) is 0.379. The van der Waals surface area contributed by atoms with Crippen molar-refractivity contribution in [3.05, 3.63) is 42.7 Å². The number of rotatable bonds is 6. The molecule has 1 amide bonds. The van der Waals surface area contributed by atoms with Gasteiger partial charge in [-0.15, -0.1) is 0 Å². The topological polar surface area (TPSA) is 173 Å². The number of hydrogen-bond acceptors (Lipinski definition) is 11. The molecule has 4 aromatic rings. The van der Waals surface area contributed by atoms with Gasteiger partial charge in [0.05, 0.1) is 29.1 Å². The Kier molecular flexibility index (Phi) is 7.35. The van der Waals surface area contributed by atoms with E-state index in [2.05, 4.69) is 14.7 Å². The van der Waals surface area contributed by atoms with Crippen molar-refractivity contribution in [2.24, 2.45) is 0 Å². The third-order valence-electron chi connectivity index (χ3n) is 7.30. The Balaban J connectivity index is 1.36. The van der Waals surface area contributed by atoms with Crippen LogP contribution in [0.15, 0.2) is 47.6 Å². The quantitative estimate of drug-likeness (QED) is 0.315. The molecule has 0 bridgehead atoms. The lowest BCUT2D eigenvalue weighted by Gasteiger charge is -2.34. The van der Waals surface area contributed by atoms with Crippen LogP contribution in [0.25, 0.3) is 22.3 Å². The number of nitrogen functional groups attached to an aromatic ring is 1. The molecule has 4 heterocycles. The number of carbonyl (C=O) groups is 1. The number of anilines is 2. The molecule has 1 saturated heterocycles. The van der Waals surface area contributed by atoms with Crippen LogP contribution in [0.5, 0.6) is 17.2 Å². The molecular formula is C29H33N7O7S. The molecule has 0 spiro atoms. The Hall–Kier alpha value is -4.79. The molecule has 2 aliphatic heterocycles. The minimum Gasteiger partial charge on any atom is -0.497 e. The van der Waals surface area contributed by atoms with E-state index in [1.165, 1.54) is 25.6 Å². The summed E-state index contributed by atoms with van der Waals surface area (Å²) in [7, 11) is -2.45. The van der Waals surface area contributed by atoms with Gasteiger partial charge in [0.2, 0.25) is 6.79 Å². The van der Waals surface area contributed by atoms with E-state index in [1.54, 1.807) is 33.8 Å². The lowest BCUT2D eigenvalue weighted by Crippen LogP contribution is -2.43. The van der Waals surface area contributed by atoms with E-state index >= 15 is 0 Å². The standard InChI is InChI=1S/C29H33N7O7S/c1-29(2,3)43-28(37)35-13-5-6-17(14-35)36-27-22(26(30)31-15-32-27)23(33-36)20-11-12-21(25-24(20)41-16-42-25)34-44(38,39)19-9-7-18(40-4)8-10-19/h7-12,15,17,34H,5-6,13-14,16H2,1-4H3,(H2,30,31,32)/t17-/m1/s1. The number of aromatic nitrogens is 4. The average molecular weight is 624 g/mol. The van der Waals surface area contributed by atoms with Crippen LogP contribution >= 0.6 is 0 Å². The molecule has 232 valence electrons. The highest BCUT2D eigenvalue weighted by molar-refractivity contribution is 7.92. The maximum absolute atomic E-state index is 13.2. The summed E-state index contributed by atoms with van der Waals surface area (Å²) in [6.07, 6.45) is 2.48. The van der Waals surface area contributed by atoms with Gasteiger partial charge in [0.25, 0.3) is 10.0 Å². The van der Waals surface area contributed by atoms with Crippen LogP contribution in [0.2, 0.25) is 0 Å². The van der Waals surface area contributed by atoms with Gasteiger partial charge in [0.1, 0.15) is 29.2 Å². The summed E-state index contributed by atoms with van der Waals surface area (Å²) in [6.45, 7) is 6.32. The predicted molar refractivity (Wildman–Crippen MR) is 161 cm³/mol. The van der Waals surface area contributed by atoms with Gasteiger partial charge in [-0.2, -0.15) is 5.10 Å². The zero-order valence-electron chi connectivity index (χ0n) is 24.7. The number of amides is 1. The number of benzene rings is 2. The molecule has 0 radical (unpaired) electrons. The molecule has 44 heavy (non-hydrogen) atoms. The lowest BCUT2D eigenvalue weighted by atomic mass is 10.1. The second kappa shape index (κ2) is 11.0. The number of fused-ring (bicyclic) bond motifs is 2. The Morgan fingerprint density at radius 1 is 1.09 bits per heavy atom. The smallest absolute Gasteiger partial charge is 0.410 e. The number of carbonyl (C=O) groups excluding carboxylic acids is 1. The van der Waals surface area contributed by atoms with Crippen molar-refractivity contribution < 1.29 is 32.2 Å². The molecule has 2 aromatic heterocycles. The third kappa shape index (κ3) is 5.50. The largest absolute Gasteiger partial charge is 0.497 e. The molecule has 14 nitrogen and oxygen atoms in total. The van der Waals surface area contributed by atoms with E-state index in [-0.39, 0.29) is 41.1 Å². The maximum Gasteiger partial charge on any atom is 0.410 e. The Labute approximate surface area is 254 Å². The van der Waals surface area contributed by atoms with Crippen molar-refractivity contribution >= 4 is 38.7 Å². The normalized spacial score (nSPS) is 16.6. The van der Waals surface area contributed by atoms with Crippen LogP contribution in [-0.2, 0) is 14.8 Å². The lowest BCUT2D eigenvalue weighted by molar-refractivity contribution is 0.0169. The summed E-state index contributed by atoms with van der Waals surface area (Å²) < 4.78 is 53.0. The van der Waals surface area contributed by atoms with Crippen molar-refractivity contribution in [3.8, 4) is 28.5 Å². The van der Waals surface area contributed by atoms with Gasteiger partial charge in [-0.3, -0.25) is 4.72 Å². The van der Waals surface area contributed by atoms with Crippen LogP contribution in [0, 0.1) is 0 Å². The van der Waals surface area contributed by atoms with Crippen molar-refractivity contribution in [2.45, 2.75) is 50.2 Å². The average Bonchev–Trinajstić information content (AvgIpc) is 3.63. The van der Waals surface area contributed by atoms with Gasteiger partial charge in [-0.1, -0.05) is 0 Å². The highest BCUT2D eigenvalue weighted by Crippen LogP contribution is 2.48. The zero-order valence-corrected chi connectivity index (χ0v) is 25.6. The van der Waals surface area contributed by atoms with E-state index in [4.69, 9.17) is 29.8 Å². The number of nitrogens with zero attached hydrogens (tertiary/aromatic N) is 5. The molecule has 0 saturated carbocycles. The number of likely N-dealkylation sites (tertiary alicyclic amines) is 1. The maximum atomic E-state index is 13.2. The number of ether oxygens (including phenoxy) is 4. The van der Waals surface area contributed by atoms with Gasteiger partial charge in [-0.05, 0) is 70.0 Å². The van der Waals surface area contributed by atoms with Crippen LogP contribution in [-0.4, -0.2) is 71.8 Å². The summed E-state index contributed by atoms with van der Waals surface area (Å²) >= 11 is 0. The fourth-order valence-electron chi connectivity index (χ4n) is 5.31. The minimum atomic E-state index is -3.96. The monoisotopic (exact) mass is 623 g/mol. The number of hydrogen-bond donors (Lipinski definition) is 2. The first-order chi connectivity index (χ1) is 20.9. The summed E-state index contributed by atoms with van der Waals surface area (Å²) in [5.74, 6) is 1.26. The van der Waals surface area contributed by atoms with E-state index in [0.717, 1.165) is 12.8 Å². The first kappa shape index (κ1) is 29.3. The van der Waals surface area contributed by atoms with Crippen molar-refractivity contribution in [3.63, 3.8) is 0 Å². The highest BCUT2D eigenvalue weighted by atomic mass is 32.2. The second-order valence-electron chi connectivity index (χ2n) is 11.5. The molecule has 1 atom stereocenters. The molecule has 0 aliphatic carbocycles. The predicted octanol–water partition coefficient (Wildman–Crippen LogP) is 4.19. The molecule has 0 unspecified atom stereocenters. The number of sulfonamides is 1. The summed E-state index contributed by atoms with van der Waals surface area (Å²) in [6, 6.07) is 9.09. The third-order valence-corrected chi connectivity index (χ3v) is 8.68. The number of piperidine rings is 1. The van der Waals surface area contributed by atoms with Crippen molar-refractivity contribution in [1.29, 1.82) is 0 Å². The number of nitrogens with one attached hydrogen (secondary N) is 1. The molecule has 2 aliphatic rings. The van der Waals surface area contributed by atoms with Gasteiger partial charge in [-0.25, -0.2) is 27.9 Å². The summed E-state index contributed by atoms with van der Waals surface area (Å²) in [4.78, 5) is 23.3. The highest BCUT2D eigenvalue weighted by Gasteiger charge is 2.33.